The van der Waals surface area contributed by atoms with Gasteiger partial charge in [-0.3, -0.25) is 0 Å². The first-order valence-corrected chi connectivity index (χ1v) is 12.7. The van der Waals surface area contributed by atoms with Crippen molar-refractivity contribution in [2.24, 2.45) is 0 Å². The van der Waals surface area contributed by atoms with E-state index in [1.54, 1.807) is 13.8 Å². The van der Waals surface area contributed by atoms with Gasteiger partial charge in [0.25, 0.3) is 0 Å². The topological polar surface area (TPSA) is 99.4 Å². The molecule has 45 heavy (non-hydrogen) atoms. The van der Waals surface area contributed by atoms with Gasteiger partial charge in [-0.2, -0.15) is 0 Å². The van der Waals surface area contributed by atoms with Crippen molar-refractivity contribution in [3.8, 4) is 0 Å². The molecule has 0 heterocycles. The van der Waals surface area contributed by atoms with Gasteiger partial charge < -0.3 is 29.9 Å². The summed E-state index contributed by atoms with van der Waals surface area (Å²) in [4.78, 5) is 0. The largest absolute Gasteiger partial charge is 0.394 e. The van der Waals surface area contributed by atoms with Crippen molar-refractivity contribution in [2.75, 3.05) is 33.0 Å². The zero-order valence-electron chi connectivity index (χ0n) is 30.7. The van der Waals surface area contributed by atoms with Crippen molar-refractivity contribution in [1.29, 1.82) is 0 Å². The normalized spacial score (nSPS) is 7.18. The van der Waals surface area contributed by atoms with Crippen molar-refractivity contribution in [1.82, 2.24) is 0 Å². The highest BCUT2D eigenvalue weighted by molar-refractivity contribution is 4.53. The van der Waals surface area contributed by atoms with Crippen LogP contribution < -0.4 is 0 Å². The van der Waals surface area contributed by atoms with E-state index >= 15 is 0 Å². The molecular weight excluding hydrogens is 564 g/mol. The van der Waals surface area contributed by atoms with E-state index in [9.17, 15) is 0 Å². The summed E-state index contributed by atoms with van der Waals surface area (Å²) in [6, 6.07) is 0. The maximum absolute atomic E-state index is 8.92. The van der Waals surface area contributed by atoms with E-state index in [1.165, 1.54) is 0 Å². The molecule has 6 heteroatoms. The molecular formula is C39H82O6. The van der Waals surface area contributed by atoms with Gasteiger partial charge in [-0.05, 0) is 20.8 Å². The van der Waals surface area contributed by atoms with Crippen molar-refractivity contribution in [2.45, 2.75) is 39.1 Å². The minimum atomic E-state index is -0.447. The van der Waals surface area contributed by atoms with Crippen LogP contribution in [0, 0.1) is 0 Å². The number of rotatable bonds is 8. The van der Waals surface area contributed by atoms with E-state index in [4.69, 9.17) is 29.9 Å². The smallest absolute Gasteiger partial charge is 0.0781 e. The van der Waals surface area contributed by atoms with E-state index in [2.05, 4.69) is 184 Å². The molecule has 0 aromatic carbocycles. The van der Waals surface area contributed by atoms with Crippen molar-refractivity contribution < 1.29 is 29.9 Å². The Morgan fingerprint density at radius 2 is 0.533 bits per heavy atom. The molecule has 274 valence electrons. The molecule has 3 unspecified atom stereocenters. The predicted molar refractivity (Wildman–Crippen MR) is 221 cm³/mol. The highest BCUT2D eigenvalue weighted by atomic mass is 16.5. The van der Waals surface area contributed by atoms with Crippen LogP contribution in [0.5, 0.6) is 0 Å². The van der Waals surface area contributed by atoms with Gasteiger partial charge in [-0.15, -0.1) is 184 Å². The first-order valence-electron chi connectivity index (χ1n) is 12.7. The lowest BCUT2D eigenvalue weighted by Crippen LogP contribution is -2.24. The average Bonchev–Trinajstić information content (AvgIpc) is 3.21. The van der Waals surface area contributed by atoms with Gasteiger partial charge in [0.15, 0.2) is 0 Å². The fraction of sp³-hybridized carbons (Fsp3) is 0.282. The fourth-order valence-electron chi connectivity index (χ4n) is 0.704. The number of hydrogen-bond acceptors (Lipinski definition) is 6. The summed E-state index contributed by atoms with van der Waals surface area (Å²) in [6.45, 7) is 89.9. The molecule has 0 bridgehead atoms. The molecule has 6 nitrogen and oxygen atoms in total. The highest BCUT2D eigenvalue weighted by Crippen LogP contribution is 1.97. The molecule has 0 radical (unpaired) electrons. The van der Waals surface area contributed by atoms with Crippen LogP contribution in [0.2, 0.25) is 0 Å². The van der Waals surface area contributed by atoms with Gasteiger partial charge in [0.2, 0.25) is 0 Å². The summed E-state index contributed by atoms with van der Waals surface area (Å²) < 4.78 is 10.5. The molecule has 0 amide bonds. The molecule has 3 atom stereocenters. The van der Waals surface area contributed by atoms with Crippen LogP contribution in [0.4, 0.5) is 0 Å². The predicted octanol–water partition coefficient (Wildman–Crippen LogP) is 10.4. The molecule has 0 saturated heterocycles. The molecule has 0 aliphatic carbocycles. The van der Waals surface area contributed by atoms with Crippen LogP contribution in [0.3, 0.4) is 0 Å². The lowest BCUT2D eigenvalue weighted by atomic mass is 10.4. The zero-order valence-corrected chi connectivity index (χ0v) is 30.7. The van der Waals surface area contributed by atoms with Crippen molar-refractivity contribution >= 4 is 0 Å². The Balaban J connectivity index is -0.0000000160. The maximum Gasteiger partial charge on any atom is 0.0781 e. The number of aliphatic hydroxyl groups excluding tert-OH is 4. The Morgan fingerprint density at radius 3 is 0.667 bits per heavy atom. The maximum atomic E-state index is 8.92. The van der Waals surface area contributed by atoms with Gasteiger partial charge >= 0.3 is 0 Å². The van der Waals surface area contributed by atoms with Crippen LogP contribution in [0.1, 0.15) is 20.8 Å². The second-order valence-corrected chi connectivity index (χ2v) is 3.77. The summed E-state index contributed by atoms with van der Waals surface area (Å²) in [7, 11) is 0. The third-order valence-corrected chi connectivity index (χ3v) is 1.59. The van der Waals surface area contributed by atoms with Gasteiger partial charge in [-0.1, -0.05) is 0 Å². The van der Waals surface area contributed by atoms with E-state index in [-0.39, 0.29) is 32.0 Å². The van der Waals surface area contributed by atoms with Crippen LogP contribution in [0.25, 0.3) is 0 Å². The third kappa shape index (κ3) is 701. The van der Waals surface area contributed by atoms with Crippen LogP contribution >= 0.6 is 0 Å². The van der Waals surface area contributed by atoms with E-state index in [1.807, 2.05) is 6.92 Å². The van der Waals surface area contributed by atoms with E-state index < -0.39 is 6.10 Å². The van der Waals surface area contributed by atoms with Gasteiger partial charge in [0.1, 0.15) is 0 Å². The minimum Gasteiger partial charge on any atom is -0.394 e. The summed E-state index contributed by atoms with van der Waals surface area (Å²) in [5.41, 5.74) is 0. The van der Waals surface area contributed by atoms with E-state index in [0.717, 1.165) is 0 Å². The molecule has 0 aliphatic rings. The first-order chi connectivity index (χ1) is 22.0. The fourth-order valence-corrected chi connectivity index (χ4v) is 0.704. The SMILES string of the molecule is C=C.C=C.C=C.C=C.C=C.C=C.C=C.C=C.C=C.C=C.C=C.C=C.C=C.C=C.CC(O)COC(C)COC(C)CO.OCCO. The van der Waals surface area contributed by atoms with Crippen molar-refractivity contribution in [3.05, 3.63) is 184 Å². The Morgan fingerprint density at radius 1 is 0.356 bits per heavy atom. The average molecular weight is 647 g/mol. The highest BCUT2D eigenvalue weighted by Gasteiger charge is 2.06. The quantitative estimate of drug-likeness (QED) is 0.196. The summed E-state index contributed by atoms with van der Waals surface area (Å²) >= 11 is 0. The summed E-state index contributed by atoms with van der Waals surface area (Å²) in [5.74, 6) is 0. The first kappa shape index (κ1) is 105. The molecule has 0 rings (SSSR count). The summed E-state index contributed by atoms with van der Waals surface area (Å²) in [5, 5.41) is 32.8. The molecule has 0 aliphatic heterocycles. The number of ether oxygens (including phenoxy) is 2. The monoisotopic (exact) mass is 647 g/mol. The molecule has 0 aromatic rings. The molecule has 0 spiro atoms. The lowest BCUT2D eigenvalue weighted by molar-refractivity contribution is -0.0620. The zero-order chi connectivity index (χ0) is 41.7. The molecule has 0 aromatic heterocycles. The van der Waals surface area contributed by atoms with Crippen LogP contribution in [-0.2, 0) is 9.47 Å². The third-order valence-electron chi connectivity index (χ3n) is 1.59. The Labute approximate surface area is 285 Å². The van der Waals surface area contributed by atoms with Crippen molar-refractivity contribution in [3.63, 3.8) is 0 Å². The summed E-state index contributed by atoms with van der Waals surface area (Å²) in [6.07, 6.45) is -0.654. The number of hydrogen-bond donors (Lipinski definition) is 4. The standard InChI is InChI=1S/C9H20O4.C2H6O2.14C2H4/c1-7(11)5-12-9(3)6-13-8(2)4-10;3-1-2-4;14*1-2/h7-11H,4-6H2,1-3H3;3-4H,1-2H2;14*1-2H2. The molecule has 4 N–H and O–H groups in total. The molecule has 0 saturated carbocycles. The van der Waals surface area contributed by atoms with Crippen LogP contribution in [0.15, 0.2) is 184 Å². The van der Waals surface area contributed by atoms with Gasteiger partial charge in [0.05, 0.1) is 51.3 Å². The van der Waals surface area contributed by atoms with Crippen LogP contribution in [-0.4, -0.2) is 71.8 Å². The van der Waals surface area contributed by atoms with Gasteiger partial charge in [0, 0.05) is 0 Å². The van der Waals surface area contributed by atoms with E-state index in [0.29, 0.717) is 13.2 Å². The number of aliphatic hydroxyl groups is 4. The second-order valence-electron chi connectivity index (χ2n) is 3.77. The Kier molecular flexibility index (Phi) is 974. The minimum absolute atomic E-state index is 0.0170. The second kappa shape index (κ2) is 418. The Bertz CT molecular complexity index is 263. The molecule has 0 fully saturated rings. The lowest BCUT2D eigenvalue weighted by Gasteiger charge is -2.16. The Hall–Kier alpha value is -3.88. The van der Waals surface area contributed by atoms with Gasteiger partial charge in [-0.25, -0.2) is 0 Å².